The van der Waals surface area contributed by atoms with Crippen LogP contribution in [0, 0.1) is 0 Å². The number of benzene rings is 1. The van der Waals surface area contributed by atoms with Crippen molar-refractivity contribution in [1.82, 2.24) is 10.2 Å². The number of piperazine rings is 1. The minimum atomic E-state index is -0.453. The topological polar surface area (TPSA) is 44.7 Å². The predicted molar refractivity (Wildman–Crippen MR) is 71.9 cm³/mol. The first-order chi connectivity index (χ1) is 8.69. The van der Waals surface area contributed by atoms with E-state index in [0.717, 1.165) is 30.9 Å². The van der Waals surface area contributed by atoms with Crippen molar-refractivity contribution in [3.63, 3.8) is 0 Å². The number of aliphatic hydroxyl groups is 1. The van der Waals surface area contributed by atoms with Gasteiger partial charge < -0.3 is 15.2 Å². The quantitative estimate of drug-likeness (QED) is 0.837. The lowest BCUT2D eigenvalue weighted by Crippen LogP contribution is -2.50. The second-order valence-corrected chi connectivity index (χ2v) is 4.91. The Hall–Kier alpha value is -1.10. The van der Waals surface area contributed by atoms with Gasteiger partial charge in [-0.25, -0.2) is 0 Å². The van der Waals surface area contributed by atoms with Gasteiger partial charge in [-0.05, 0) is 24.6 Å². The normalized spacial score (nSPS) is 22.7. The summed E-state index contributed by atoms with van der Waals surface area (Å²) >= 11 is 0. The Kier molecular flexibility index (Phi) is 4.58. The van der Waals surface area contributed by atoms with Gasteiger partial charge in [0.05, 0.1) is 13.2 Å². The third-order valence-electron chi connectivity index (χ3n) is 3.36. The van der Waals surface area contributed by atoms with Crippen LogP contribution in [0.4, 0.5) is 0 Å². The van der Waals surface area contributed by atoms with Gasteiger partial charge in [-0.1, -0.05) is 12.1 Å². The molecule has 1 unspecified atom stereocenters. The molecular weight excluding hydrogens is 228 g/mol. The molecule has 1 aromatic rings. The molecule has 0 spiro atoms. The van der Waals surface area contributed by atoms with Crippen LogP contribution in [-0.2, 0) is 0 Å². The predicted octanol–water partition coefficient (Wildman–Crippen LogP) is 1.02. The maximum absolute atomic E-state index is 10.3. The highest BCUT2D eigenvalue weighted by atomic mass is 16.5. The van der Waals surface area contributed by atoms with E-state index in [4.69, 9.17) is 4.74 Å². The van der Waals surface area contributed by atoms with Crippen LogP contribution in [0.25, 0.3) is 0 Å². The summed E-state index contributed by atoms with van der Waals surface area (Å²) in [5.74, 6) is 0.792. The van der Waals surface area contributed by atoms with Crippen molar-refractivity contribution in [1.29, 1.82) is 0 Å². The van der Waals surface area contributed by atoms with E-state index < -0.39 is 6.10 Å². The zero-order valence-electron chi connectivity index (χ0n) is 11.1. The molecule has 0 bridgehead atoms. The molecule has 0 radical (unpaired) electrons. The maximum Gasteiger partial charge on any atom is 0.119 e. The standard InChI is InChI=1S/C14H22N2O2/c1-11-9-16(7-6-15-11)10-14(17)12-4-3-5-13(8-12)18-2/h3-5,8,11,14-15,17H,6-7,9-10H2,1-2H3/t11-,14?/m0/s1. The van der Waals surface area contributed by atoms with Crippen molar-refractivity contribution in [2.24, 2.45) is 0 Å². The zero-order valence-corrected chi connectivity index (χ0v) is 11.1. The van der Waals surface area contributed by atoms with Crippen molar-refractivity contribution in [3.8, 4) is 5.75 Å². The molecule has 100 valence electrons. The first-order valence-electron chi connectivity index (χ1n) is 6.47. The lowest BCUT2D eigenvalue weighted by Gasteiger charge is -2.33. The van der Waals surface area contributed by atoms with E-state index in [1.54, 1.807) is 7.11 Å². The van der Waals surface area contributed by atoms with E-state index in [9.17, 15) is 5.11 Å². The third kappa shape index (κ3) is 3.45. The molecule has 1 saturated heterocycles. The minimum absolute atomic E-state index is 0.453. The molecule has 1 aliphatic rings. The molecule has 1 fully saturated rings. The summed E-state index contributed by atoms with van der Waals surface area (Å²) in [7, 11) is 1.64. The molecule has 1 aromatic carbocycles. The fourth-order valence-electron chi connectivity index (χ4n) is 2.38. The molecule has 0 aromatic heterocycles. The summed E-state index contributed by atoms with van der Waals surface area (Å²) in [6.07, 6.45) is -0.453. The molecule has 4 nitrogen and oxygen atoms in total. The highest BCUT2D eigenvalue weighted by molar-refractivity contribution is 5.29. The van der Waals surface area contributed by atoms with Gasteiger partial charge in [0, 0.05) is 32.2 Å². The van der Waals surface area contributed by atoms with Crippen LogP contribution in [0.3, 0.4) is 0 Å². The monoisotopic (exact) mass is 250 g/mol. The van der Waals surface area contributed by atoms with Crippen LogP contribution >= 0.6 is 0 Å². The van der Waals surface area contributed by atoms with Crippen LogP contribution in [-0.4, -0.2) is 49.3 Å². The van der Waals surface area contributed by atoms with Gasteiger partial charge in [-0.2, -0.15) is 0 Å². The molecule has 2 atom stereocenters. The van der Waals surface area contributed by atoms with Crippen molar-refractivity contribution in [2.75, 3.05) is 33.3 Å². The third-order valence-corrected chi connectivity index (χ3v) is 3.36. The molecule has 1 heterocycles. The summed E-state index contributed by atoms with van der Waals surface area (Å²) in [6, 6.07) is 8.15. The van der Waals surface area contributed by atoms with Gasteiger partial charge in [-0.3, -0.25) is 4.90 Å². The fraction of sp³-hybridized carbons (Fsp3) is 0.571. The summed E-state index contributed by atoms with van der Waals surface area (Å²) in [5.41, 5.74) is 0.917. The highest BCUT2D eigenvalue weighted by Crippen LogP contribution is 2.20. The smallest absolute Gasteiger partial charge is 0.119 e. The van der Waals surface area contributed by atoms with Crippen LogP contribution in [0.2, 0.25) is 0 Å². The van der Waals surface area contributed by atoms with Crippen molar-refractivity contribution in [2.45, 2.75) is 19.1 Å². The van der Waals surface area contributed by atoms with E-state index in [1.807, 2.05) is 24.3 Å². The molecule has 2 N–H and O–H groups in total. The number of aliphatic hydroxyl groups excluding tert-OH is 1. The fourth-order valence-corrected chi connectivity index (χ4v) is 2.38. The second-order valence-electron chi connectivity index (χ2n) is 4.91. The van der Waals surface area contributed by atoms with Crippen molar-refractivity contribution in [3.05, 3.63) is 29.8 Å². The van der Waals surface area contributed by atoms with E-state index in [1.165, 1.54) is 0 Å². The highest BCUT2D eigenvalue weighted by Gasteiger charge is 2.19. The van der Waals surface area contributed by atoms with Crippen LogP contribution in [0.5, 0.6) is 5.75 Å². The Morgan fingerprint density at radius 1 is 1.56 bits per heavy atom. The number of nitrogens with zero attached hydrogens (tertiary/aromatic N) is 1. The van der Waals surface area contributed by atoms with Crippen LogP contribution in [0.1, 0.15) is 18.6 Å². The SMILES string of the molecule is COc1cccc(C(O)CN2CCN[C@@H](C)C2)c1. The van der Waals surface area contributed by atoms with Crippen LogP contribution < -0.4 is 10.1 Å². The number of hydrogen-bond donors (Lipinski definition) is 2. The molecule has 0 saturated carbocycles. The van der Waals surface area contributed by atoms with Gasteiger partial charge in [0.2, 0.25) is 0 Å². The van der Waals surface area contributed by atoms with E-state index >= 15 is 0 Å². The Labute approximate surface area is 109 Å². The summed E-state index contributed by atoms with van der Waals surface area (Å²) in [5, 5.41) is 13.7. The van der Waals surface area contributed by atoms with E-state index in [0.29, 0.717) is 12.6 Å². The van der Waals surface area contributed by atoms with Gasteiger partial charge in [-0.15, -0.1) is 0 Å². The van der Waals surface area contributed by atoms with E-state index in [-0.39, 0.29) is 0 Å². The van der Waals surface area contributed by atoms with Crippen LogP contribution in [0.15, 0.2) is 24.3 Å². The first-order valence-corrected chi connectivity index (χ1v) is 6.47. The lowest BCUT2D eigenvalue weighted by molar-refractivity contribution is 0.0960. The van der Waals surface area contributed by atoms with Gasteiger partial charge in [0.1, 0.15) is 5.75 Å². The number of hydrogen-bond acceptors (Lipinski definition) is 4. The van der Waals surface area contributed by atoms with Crippen molar-refractivity contribution < 1.29 is 9.84 Å². The average Bonchev–Trinajstić information content (AvgIpc) is 2.39. The number of rotatable bonds is 4. The van der Waals surface area contributed by atoms with Gasteiger partial charge >= 0.3 is 0 Å². The first kappa shape index (κ1) is 13.3. The van der Waals surface area contributed by atoms with E-state index in [2.05, 4.69) is 17.1 Å². The summed E-state index contributed by atoms with van der Waals surface area (Å²) < 4.78 is 5.18. The Morgan fingerprint density at radius 2 is 2.39 bits per heavy atom. The number of ether oxygens (including phenoxy) is 1. The molecule has 2 rings (SSSR count). The number of β-amino-alcohol motifs (C(OH)–C–C–N with tert-alkyl or cyclic N) is 1. The number of nitrogens with one attached hydrogen (secondary N) is 1. The zero-order chi connectivity index (χ0) is 13.0. The molecular formula is C14H22N2O2. The van der Waals surface area contributed by atoms with Gasteiger partial charge in [0.25, 0.3) is 0 Å². The summed E-state index contributed by atoms with van der Waals surface area (Å²) in [6.45, 7) is 5.82. The average molecular weight is 250 g/mol. The molecule has 4 heteroatoms. The molecule has 18 heavy (non-hydrogen) atoms. The Morgan fingerprint density at radius 3 is 3.11 bits per heavy atom. The minimum Gasteiger partial charge on any atom is -0.497 e. The molecule has 0 amide bonds. The largest absolute Gasteiger partial charge is 0.497 e. The maximum atomic E-state index is 10.3. The van der Waals surface area contributed by atoms with Gasteiger partial charge in [0.15, 0.2) is 0 Å². The Bertz CT molecular complexity index is 384. The second kappa shape index (κ2) is 6.18. The lowest BCUT2D eigenvalue weighted by atomic mass is 10.1. The molecule has 1 aliphatic heterocycles. The number of methoxy groups -OCH3 is 1. The van der Waals surface area contributed by atoms with Crippen molar-refractivity contribution >= 4 is 0 Å². The molecule has 0 aliphatic carbocycles. The summed E-state index contributed by atoms with van der Waals surface area (Å²) in [4.78, 5) is 2.30. The Balaban J connectivity index is 1.95.